The largest absolute Gasteiger partial charge is 0.497 e. The van der Waals surface area contributed by atoms with E-state index in [9.17, 15) is 0 Å². The quantitative estimate of drug-likeness (QED) is 0.720. The van der Waals surface area contributed by atoms with E-state index in [1.165, 1.54) is 5.56 Å². The fourth-order valence-corrected chi connectivity index (χ4v) is 2.16. The molecule has 0 aliphatic rings. The molecule has 0 spiro atoms. The SMILES string of the molecule is COc1cccc(-c2ccc(Cn3cccc3)cn2)c1. The third-order valence-corrected chi connectivity index (χ3v) is 3.22. The Morgan fingerprint density at radius 1 is 1.05 bits per heavy atom. The number of ether oxygens (including phenoxy) is 1. The van der Waals surface area contributed by atoms with Gasteiger partial charge in [0.15, 0.2) is 0 Å². The zero-order chi connectivity index (χ0) is 13.8. The van der Waals surface area contributed by atoms with E-state index >= 15 is 0 Å². The summed E-state index contributed by atoms with van der Waals surface area (Å²) in [5.74, 6) is 0.848. The lowest BCUT2D eigenvalue weighted by Gasteiger charge is -2.06. The normalized spacial score (nSPS) is 10.4. The molecule has 0 N–H and O–H groups in total. The molecule has 0 aliphatic carbocycles. The number of rotatable bonds is 4. The first-order chi connectivity index (χ1) is 9.85. The minimum atomic E-state index is 0.846. The predicted molar refractivity (Wildman–Crippen MR) is 79.8 cm³/mol. The molecular weight excluding hydrogens is 248 g/mol. The van der Waals surface area contributed by atoms with E-state index in [0.29, 0.717) is 0 Å². The average molecular weight is 264 g/mol. The van der Waals surface area contributed by atoms with Crippen molar-refractivity contribution in [3.8, 4) is 17.0 Å². The van der Waals surface area contributed by atoms with E-state index in [2.05, 4.69) is 28.0 Å². The van der Waals surface area contributed by atoms with Crippen LogP contribution in [0.15, 0.2) is 67.1 Å². The molecule has 2 aromatic heterocycles. The molecule has 3 aromatic rings. The average Bonchev–Trinajstić information content (AvgIpc) is 3.01. The maximum atomic E-state index is 5.24. The Bertz CT molecular complexity index is 672. The smallest absolute Gasteiger partial charge is 0.119 e. The van der Waals surface area contributed by atoms with E-state index in [1.54, 1.807) is 7.11 Å². The molecule has 0 atom stereocenters. The maximum Gasteiger partial charge on any atom is 0.119 e. The van der Waals surface area contributed by atoms with Crippen LogP contribution in [0.1, 0.15) is 5.56 Å². The van der Waals surface area contributed by atoms with Crippen LogP contribution in [0.2, 0.25) is 0 Å². The van der Waals surface area contributed by atoms with Gasteiger partial charge in [-0.05, 0) is 35.9 Å². The Balaban J connectivity index is 1.81. The van der Waals surface area contributed by atoms with Crippen LogP contribution in [0.3, 0.4) is 0 Å². The molecule has 20 heavy (non-hydrogen) atoms. The molecule has 0 radical (unpaired) electrons. The zero-order valence-electron chi connectivity index (χ0n) is 11.4. The number of hydrogen-bond donors (Lipinski definition) is 0. The lowest BCUT2D eigenvalue weighted by Crippen LogP contribution is -1.97. The summed E-state index contributed by atoms with van der Waals surface area (Å²) in [5, 5.41) is 0. The highest BCUT2D eigenvalue weighted by atomic mass is 16.5. The third kappa shape index (κ3) is 2.72. The fraction of sp³-hybridized carbons (Fsp3) is 0.118. The molecule has 0 unspecified atom stereocenters. The fourth-order valence-electron chi connectivity index (χ4n) is 2.16. The van der Waals surface area contributed by atoms with Gasteiger partial charge in [0.2, 0.25) is 0 Å². The van der Waals surface area contributed by atoms with Crippen molar-refractivity contribution in [1.82, 2.24) is 9.55 Å². The van der Waals surface area contributed by atoms with Crippen LogP contribution in [-0.2, 0) is 6.54 Å². The summed E-state index contributed by atoms with van der Waals surface area (Å²) in [4.78, 5) is 4.54. The van der Waals surface area contributed by atoms with Gasteiger partial charge in [0, 0.05) is 30.7 Å². The number of hydrogen-bond acceptors (Lipinski definition) is 2. The van der Waals surface area contributed by atoms with Gasteiger partial charge in [0.25, 0.3) is 0 Å². The standard InChI is InChI=1S/C17H16N2O/c1-20-16-6-4-5-15(11-16)17-8-7-14(12-18-17)13-19-9-2-3-10-19/h2-12H,13H2,1H3. The minimum Gasteiger partial charge on any atom is -0.497 e. The molecule has 0 aliphatic heterocycles. The van der Waals surface area contributed by atoms with Crippen LogP contribution in [0.5, 0.6) is 5.75 Å². The first-order valence-electron chi connectivity index (χ1n) is 6.55. The Morgan fingerprint density at radius 3 is 2.60 bits per heavy atom. The van der Waals surface area contributed by atoms with Gasteiger partial charge >= 0.3 is 0 Å². The summed E-state index contributed by atoms with van der Waals surface area (Å²) in [5.41, 5.74) is 3.21. The van der Waals surface area contributed by atoms with Crippen LogP contribution in [0.25, 0.3) is 11.3 Å². The van der Waals surface area contributed by atoms with Gasteiger partial charge in [-0.25, -0.2) is 0 Å². The van der Waals surface area contributed by atoms with Crippen LogP contribution < -0.4 is 4.74 Å². The van der Waals surface area contributed by atoms with Crippen molar-refractivity contribution in [3.63, 3.8) is 0 Å². The molecule has 100 valence electrons. The van der Waals surface area contributed by atoms with Crippen LogP contribution >= 0.6 is 0 Å². The number of pyridine rings is 1. The minimum absolute atomic E-state index is 0.846. The van der Waals surface area contributed by atoms with Crippen molar-refractivity contribution in [2.24, 2.45) is 0 Å². The molecule has 3 rings (SSSR count). The summed E-state index contributed by atoms with van der Waals surface area (Å²) >= 11 is 0. The second-order valence-electron chi connectivity index (χ2n) is 4.64. The first kappa shape index (κ1) is 12.5. The number of benzene rings is 1. The van der Waals surface area contributed by atoms with Crippen molar-refractivity contribution in [1.29, 1.82) is 0 Å². The van der Waals surface area contributed by atoms with Crippen molar-refractivity contribution in [2.45, 2.75) is 6.54 Å². The Labute approximate surface area is 118 Å². The molecule has 0 saturated heterocycles. The zero-order valence-corrected chi connectivity index (χ0v) is 11.4. The van der Waals surface area contributed by atoms with Crippen molar-refractivity contribution in [3.05, 3.63) is 72.7 Å². The molecule has 0 saturated carbocycles. The predicted octanol–water partition coefficient (Wildman–Crippen LogP) is 3.61. The van der Waals surface area contributed by atoms with Gasteiger partial charge < -0.3 is 9.30 Å². The first-order valence-corrected chi connectivity index (χ1v) is 6.55. The van der Waals surface area contributed by atoms with E-state index in [-0.39, 0.29) is 0 Å². The number of aromatic nitrogens is 2. The Hall–Kier alpha value is -2.55. The van der Waals surface area contributed by atoms with E-state index in [0.717, 1.165) is 23.6 Å². The molecule has 0 fully saturated rings. The molecule has 0 amide bonds. The third-order valence-electron chi connectivity index (χ3n) is 3.22. The van der Waals surface area contributed by atoms with Gasteiger partial charge in [0.05, 0.1) is 12.8 Å². The molecule has 0 bridgehead atoms. The van der Waals surface area contributed by atoms with Crippen molar-refractivity contribution < 1.29 is 4.74 Å². The van der Waals surface area contributed by atoms with Crippen molar-refractivity contribution >= 4 is 0 Å². The number of methoxy groups -OCH3 is 1. The summed E-state index contributed by atoms with van der Waals surface area (Å²) in [6.07, 6.45) is 6.03. The van der Waals surface area contributed by atoms with Gasteiger partial charge in [0.1, 0.15) is 5.75 Å². The van der Waals surface area contributed by atoms with Crippen LogP contribution in [0, 0.1) is 0 Å². The second kappa shape index (κ2) is 5.61. The highest BCUT2D eigenvalue weighted by molar-refractivity contribution is 5.61. The second-order valence-corrected chi connectivity index (χ2v) is 4.64. The lowest BCUT2D eigenvalue weighted by atomic mass is 10.1. The topological polar surface area (TPSA) is 27.1 Å². The van der Waals surface area contributed by atoms with Gasteiger partial charge in [-0.15, -0.1) is 0 Å². The van der Waals surface area contributed by atoms with E-state index in [1.807, 2.05) is 48.7 Å². The van der Waals surface area contributed by atoms with Gasteiger partial charge in [-0.1, -0.05) is 18.2 Å². The summed E-state index contributed by atoms with van der Waals surface area (Å²) in [6, 6.07) is 16.2. The molecule has 3 heteroatoms. The molecule has 2 heterocycles. The highest BCUT2D eigenvalue weighted by Crippen LogP contribution is 2.22. The molecule has 1 aromatic carbocycles. The number of nitrogens with zero attached hydrogens (tertiary/aromatic N) is 2. The van der Waals surface area contributed by atoms with E-state index in [4.69, 9.17) is 4.74 Å². The monoisotopic (exact) mass is 264 g/mol. The summed E-state index contributed by atoms with van der Waals surface area (Å²) < 4.78 is 7.37. The van der Waals surface area contributed by atoms with Gasteiger partial charge in [-0.3, -0.25) is 4.98 Å². The Kier molecular flexibility index (Phi) is 3.50. The maximum absolute atomic E-state index is 5.24. The molecule has 3 nitrogen and oxygen atoms in total. The van der Waals surface area contributed by atoms with Gasteiger partial charge in [-0.2, -0.15) is 0 Å². The summed E-state index contributed by atoms with van der Waals surface area (Å²) in [6.45, 7) is 0.846. The molecular formula is C17H16N2O. The van der Waals surface area contributed by atoms with Crippen LogP contribution in [0.4, 0.5) is 0 Å². The highest BCUT2D eigenvalue weighted by Gasteiger charge is 2.02. The lowest BCUT2D eigenvalue weighted by molar-refractivity contribution is 0.415. The Morgan fingerprint density at radius 2 is 1.90 bits per heavy atom. The summed E-state index contributed by atoms with van der Waals surface area (Å²) in [7, 11) is 1.67. The van der Waals surface area contributed by atoms with E-state index < -0.39 is 0 Å². The van der Waals surface area contributed by atoms with Crippen molar-refractivity contribution in [2.75, 3.05) is 7.11 Å². The van der Waals surface area contributed by atoms with Crippen LogP contribution in [-0.4, -0.2) is 16.7 Å².